The Morgan fingerprint density at radius 1 is 1.09 bits per heavy atom. The minimum Gasteiger partial charge on any atom is -0.493 e. The third-order valence-electron chi connectivity index (χ3n) is 6.13. The maximum Gasteiger partial charge on any atom is 0.322 e. The second kappa shape index (κ2) is 11.2. The number of nitrogens with zero attached hydrogens (tertiary/aromatic N) is 3. The van der Waals surface area contributed by atoms with Gasteiger partial charge in [0.25, 0.3) is 0 Å². The molecule has 1 fully saturated rings. The molecular formula is C25H28F2N4O4. The molecule has 1 aliphatic rings. The van der Waals surface area contributed by atoms with E-state index in [9.17, 15) is 13.6 Å². The number of benzene rings is 2. The van der Waals surface area contributed by atoms with Gasteiger partial charge in [0.1, 0.15) is 11.6 Å². The molecule has 0 radical (unpaired) electrons. The quantitative estimate of drug-likeness (QED) is 0.456. The summed E-state index contributed by atoms with van der Waals surface area (Å²) in [5.74, 6) is 0.375. The predicted molar refractivity (Wildman–Crippen MR) is 125 cm³/mol. The summed E-state index contributed by atoms with van der Waals surface area (Å²) in [5.41, 5.74) is 0.636. The lowest BCUT2D eigenvalue weighted by atomic mass is 9.94. The number of carbonyl (C=O) groups is 1. The molecule has 1 aliphatic carbocycles. The van der Waals surface area contributed by atoms with Crippen molar-refractivity contribution in [1.29, 1.82) is 0 Å². The average Bonchev–Trinajstić information content (AvgIpc) is 3.35. The first-order valence-electron chi connectivity index (χ1n) is 11.6. The number of ether oxygens (including phenoxy) is 2. The zero-order chi connectivity index (χ0) is 24.8. The van der Waals surface area contributed by atoms with E-state index in [4.69, 9.17) is 14.0 Å². The van der Waals surface area contributed by atoms with Crippen molar-refractivity contribution < 1.29 is 27.6 Å². The molecule has 1 N–H and O–H groups in total. The van der Waals surface area contributed by atoms with E-state index in [2.05, 4.69) is 15.5 Å². The first kappa shape index (κ1) is 24.4. The number of anilines is 1. The number of hydrogen-bond donors (Lipinski definition) is 1. The maximum absolute atomic E-state index is 14.1. The van der Waals surface area contributed by atoms with Crippen molar-refractivity contribution in [3.8, 4) is 22.9 Å². The van der Waals surface area contributed by atoms with Gasteiger partial charge in [-0.1, -0.05) is 24.4 Å². The fourth-order valence-corrected chi connectivity index (χ4v) is 4.29. The summed E-state index contributed by atoms with van der Waals surface area (Å²) in [4.78, 5) is 19.2. The van der Waals surface area contributed by atoms with Gasteiger partial charge in [-0.3, -0.25) is 0 Å². The Labute approximate surface area is 202 Å². The Balaban J connectivity index is 1.47. The SMILES string of the molecule is COc1ccc(-c2noc(CCN(C(=O)Nc3ccc(F)cc3F)C3CCCCC3)n2)cc1OC. The minimum absolute atomic E-state index is 0.0144. The Hall–Kier alpha value is -3.69. The highest BCUT2D eigenvalue weighted by Crippen LogP contribution is 2.31. The summed E-state index contributed by atoms with van der Waals surface area (Å²) >= 11 is 0. The van der Waals surface area contributed by atoms with Crippen LogP contribution in [0.5, 0.6) is 11.5 Å². The molecule has 4 rings (SSSR count). The van der Waals surface area contributed by atoms with Gasteiger partial charge in [-0.2, -0.15) is 4.98 Å². The van der Waals surface area contributed by atoms with Crippen LogP contribution in [0.1, 0.15) is 38.0 Å². The van der Waals surface area contributed by atoms with E-state index in [-0.39, 0.29) is 11.7 Å². The highest BCUT2D eigenvalue weighted by molar-refractivity contribution is 5.89. The molecule has 0 saturated heterocycles. The van der Waals surface area contributed by atoms with E-state index < -0.39 is 17.7 Å². The van der Waals surface area contributed by atoms with Crippen LogP contribution in [0, 0.1) is 11.6 Å². The number of hydrogen-bond acceptors (Lipinski definition) is 6. The molecular weight excluding hydrogens is 458 g/mol. The molecule has 0 unspecified atom stereocenters. The van der Waals surface area contributed by atoms with Crippen molar-refractivity contribution in [1.82, 2.24) is 15.0 Å². The van der Waals surface area contributed by atoms with Crippen LogP contribution in [0.25, 0.3) is 11.4 Å². The molecule has 8 nitrogen and oxygen atoms in total. The first-order chi connectivity index (χ1) is 17.0. The summed E-state index contributed by atoms with van der Waals surface area (Å²) in [6, 6.07) is 7.96. The van der Waals surface area contributed by atoms with Crippen LogP contribution in [-0.4, -0.2) is 47.9 Å². The van der Waals surface area contributed by atoms with Crippen LogP contribution < -0.4 is 14.8 Å². The third-order valence-corrected chi connectivity index (χ3v) is 6.13. The Kier molecular flexibility index (Phi) is 7.79. The monoisotopic (exact) mass is 486 g/mol. The molecule has 3 aromatic rings. The van der Waals surface area contributed by atoms with Gasteiger partial charge in [0.05, 0.1) is 19.9 Å². The Morgan fingerprint density at radius 2 is 1.86 bits per heavy atom. The Morgan fingerprint density at radius 3 is 2.57 bits per heavy atom. The van der Waals surface area contributed by atoms with Crippen LogP contribution in [0.4, 0.5) is 19.3 Å². The number of urea groups is 1. The van der Waals surface area contributed by atoms with E-state index in [1.54, 1.807) is 37.3 Å². The smallest absolute Gasteiger partial charge is 0.322 e. The van der Waals surface area contributed by atoms with Crippen LogP contribution in [0.15, 0.2) is 40.9 Å². The summed E-state index contributed by atoms with van der Waals surface area (Å²) in [5, 5.41) is 6.63. The second-order valence-electron chi connectivity index (χ2n) is 8.37. The topological polar surface area (TPSA) is 89.7 Å². The summed E-state index contributed by atoms with van der Waals surface area (Å²) in [6.45, 7) is 0.312. The van der Waals surface area contributed by atoms with Crippen LogP contribution in [0.2, 0.25) is 0 Å². The fraction of sp³-hybridized carbons (Fsp3) is 0.400. The maximum atomic E-state index is 14.1. The minimum atomic E-state index is -0.821. The lowest BCUT2D eigenvalue weighted by molar-refractivity contribution is 0.165. The van der Waals surface area contributed by atoms with Crippen molar-refractivity contribution in [3.63, 3.8) is 0 Å². The van der Waals surface area contributed by atoms with Crippen molar-refractivity contribution in [3.05, 3.63) is 53.9 Å². The molecule has 186 valence electrons. The number of methoxy groups -OCH3 is 2. The van der Waals surface area contributed by atoms with Crippen molar-refractivity contribution in [2.24, 2.45) is 0 Å². The first-order valence-corrected chi connectivity index (χ1v) is 11.6. The molecule has 1 heterocycles. The highest BCUT2D eigenvalue weighted by Gasteiger charge is 2.27. The highest BCUT2D eigenvalue weighted by atomic mass is 19.1. The van der Waals surface area contributed by atoms with Gasteiger partial charge in [-0.05, 0) is 43.2 Å². The molecule has 0 atom stereocenters. The zero-order valence-corrected chi connectivity index (χ0v) is 19.7. The van der Waals surface area contributed by atoms with Gasteiger partial charge in [0.2, 0.25) is 11.7 Å². The molecule has 2 aromatic carbocycles. The van der Waals surface area contributed by atoms with Gasteiger partial charge >= 0.3 is 6.03 Å². The van der Waals surface area contributed by atoms with Gasteiger partial charge in [-0.25, -0.2) is 13.6 Å². The normalized spacial score (nSPS) is 13.9. The van der Waals surface area contributed by atoms with E-state index in [1.807, 2.05) is 0 Å². The van der Waals surface area contributed by atoms with Crippen molar-refractivity contribution in [2.45, 2.75) is 44.6 Å². The van der Waals surface area contributed by atoms with Gasteiger partial charge in [0.15, 0.2) is 11.5 Å². The molecule has 0 bridgehead atoms. The average molecular weight is 487 g/mol. The standard InChI is InChI=1S/C25H28F2N4O4/c1-33-21-11-8-16(14-22(21)34-2)24-29-23(35-30-24)12-13-31(18-6-4-3-5-7-18)25(32)28-20-10-9-17(26)15-19(20)27/h8-11,14-15,18H,3-7,12-13H2,1-2H3,(H,28,32). The number of amides is 2. The van der Waals surface area contributed by atoms with Gasteiger partial charge in [-0.15, -0.1) is 0 Å². The predicted octanol–water partition coefficient (Wildman–Crippen LogP) is 5.44. The molecule has 1 aromatic heterocycles. The fourth-order valence-electron chi connectivity index (χ4n) is 4.29. The van der Waals surface area contributed by atoms with Crippen LogP contribution in [0.3, 0.4) is 0 Å². The molecule has 35 heavy (non-hydrogen) atoms. The number of rotatable bonds is 8. The lowest BCUT2D eigenvalue weighted by Crippen LogP contribution is -2.45. The van der Waals surface area contributed by atoms with E-state index >= 15 is 0 Å². The molecule has 10 heteroatoms. The lowest BCUT2D eigenvalue weighted by Gasteiger charge is -2.34. The van der Waals surface area contributed by atoms with Crippen molar-refractivity contribution >= 4 is 11.7 Å². The molecule has 0 aliphatic heterocycles. The van der Waals surface area contributed by atoms with Crippen LogP contribution in [-0.2, 0) is 6.42 Å². The molecule has 2 amide bonds. The van der Waals surface area contributed by atoms with Crippen molar-refractivity contribution in [2.75, 3.05) is 26.1 Å². The van der Waals surface area contributed by atoms with Crippen LogP contribution >= 0.6 is 0 Å². The zero-order valence-electron chi connectivity index (χ0n) is 19.7. The number of carbonyl (C=O) groups excluding carboxylic acids is 1. The van der Waals surface area contributed by atoms with Gasteiger partial charge in [0, 0.05) is 30.6 Å². The number of halogens is 2. The number of aromatic nitrogens is 2. The van der Waals surface area contributed by atoms with E-state index in [0.29, 0.717) is 41.7 Å². The van der Waals surface area contributed by atoms with Gasteiger partial charge < -0.3 is 24.2 Å². The summed E-state index contributed by atoms with van der Waals surface area (Å²) in [6.07, 6.45) is 5.21. The largest absolute Gasteiger partial charge is 0.493 e. The molecule has 1 saturated carbocycles. The van der Waals surface area contributed by atoms with E-state index in [1.165, 1.54) is 6.07 Å². The summed E-state index contributed by atoms with van der Waals surface area (Å²) in [7, 11) is 3.11. The second-order valence-corrected chi connectivity index (χ2v) is 8.37. The Bertz CT molecular complexity index is 1160. The number of nitrogens with one attached hydrogen (secondary N) is 1. The third kappa shape index (κ3) is 5.87. The summed E-state index contributed by atoms with van der Waals surface area (Å²) < 4.78 is 43.4. The van der Waals surface area contributed by atoms with E-state index in [0.717, 1.165) is 44.2 Å². The molecule has 0 spiro atoms.